The number of nitrogens with one attached hydrogen (secondary N) is 2. The first-order valence-electron chi connectivity index (χ1n) is 5.60. The van der Waals surface area contributed by atoms with Crippen molar-refractivity contribution in [3.8, 4) is 5.75 Å². The predicted octanol–water partition coefficient (Wildman–Crippen LogP) is 2.28. The van der Waals surface area contributed by atoms with E-state index in [0.29, 0.717) is 18.1 Å². The highest BCUT2D eigenvalue weighted by Gasteiger charge is 2.04. The van der Waals surface area contributed by atoms with E-state index in [1.165, 1.54) is 0 Å². The molecule has 0 atom stereocenters. The van der Waals surface area contributed by atoms with Crippen molar-refractivity contribution in [1.29, 1.82) is 0 Å². The van der Waals surface area contributed by atoms with E-state index in [1.807, 2.05) is 12.1 Å². The smallest absolute Gasteiger partial charge is 0.225 e. The van der Waals surface area contributed by atoms with E-state index in [1.54, 1.807) is 18.6 Å². The molecule has 3 rings (SSSR count). The minimum Gasteiger partial charge on any atom is -0.508 e. The van der Waals surface area contributed by atoms with Crippen LogP contribution in [-0.4, -0.2) is 25.0 Å². The number of anilines is 1. The minimum atomic E-state index is 0.258. The Balaban J connectivity index is 1.79. The SMILES string of the molecule is Oc1ccc(I)cc1CNc1ncc2[nH]cnc2n1. The molecule has 0 bridgehead atoms. The third kappa shape index (κ3) is 2.60. The summed E-state index contributed by atoms with van der Waals surface area (Å²) in [6.07, 6.45) is 3.25. The quantitative estimate of drug-likeness (QED) is 0.619. The Morgan fingerprint density at radius 3 is 3.11 bits per heavy atom. The molecule has 2 heterocycles. The summed E-state index contributed by atoms with van der Waals surface area (Å²) in [7, 11) is 0. The molecule has 96 valence electrons. The Labute approximate surface area is 122 Å². The maximum atomic E-state index is 9.75. The first-order valence-corrected chi connectivity index (χ1v) is 6.67. The molecule has 0 saturated carbocycles. The number of benzene rings is 1. The second-order valence-corrected chi connectivity index (χ2v) is 5.21. The summed E-state index contributed by atoms with van der Waals surface area (Å²) < 4.78 is 1.07. The Kier molecular flexibility index (Phi) is 3.20. The molecule has 0 aliphatic carbocycles. The number of fused-ring (bicyclic) bond motifs is 1. The van der Waals surface area contributed by atoms with Crippen LogP contribution in [0, 0.1) is 3.57 Å². The van der Waals surface area contributed by atoms with Crippen molar-refractivity contribution in [1.82, 2.24) is 19.9 Å². The summed E-state index contributed by atoms with van der Waals surface area (Å²) in [5.74, 6) is 0.742. The molecule has 0 radical (unpaired) electrons. The number of hydrogen-bond donors (Lipinski definition) is 3. The van der Waals surface area contributed by atoms with Gasteiger partial charge in [-0.2, -0.15) is 4.98 Å². The van der Waals surface area contributed by atoms with Gasteiger partial charge in [-0.25, -0.2) is 9.97 Å². The zero-order valence-corrected chi connectivity index (χ0v) is 11.9. The molecule has 3 N–H and O–H groups in total. The van der Waals surface area contributed by atoms with E-state index in [9.17, 15) is 5.11 Å². The molecule has 1 aromatic carbocycles. The van der Waals surface area contributed by atoms with Crippen molar-refractivity contribution in [2.45, 2.75) is 6.54 Å². The monoisotopic (exact) mass is 367 g/mol. The fourth-order valence-corrected chi connectivity index (χ4v) is 2.25. The number of aromatic hydroxyl groups is 1. The van der Waals surface area contributed by atoms with Gasteiger partial charge in [-0.05, 0) is 40.8 Å². The number of hydrogen-bond acceptors (Lipinski definition) is 5. The van der Waals surface area contributed by atoms with E-state index in [-0.39, 0.29) is 5.75 Å². The van der Waals surface area contributed by atoms with Crippen molar-refractivity contribution in [2.24, 2.45) is 0 Å². The molecule has 0 amide bonds. The first-order chi connectivity index (χ1) is 9.22. The summed E-state index contributed by atoms with van der Waals surface area (Å²) >= 11 is 2.20. The second-order valence-electron chi connectivity index (χ2n) is 3.96. The molecule has 0 fully saturated rings. The van der Waals surface area contributed by atoms with Crippen LogP contribution >= 0.6 is 22.6 Å². The molecule has 7 heteroatoms. The third-order valence-electron chi connectivity index (χ3n) is 2.65. The Morgan fingerprint density at radius 1 is 1.32 bits per heavy atom. The number of phenolic OH excluding ortho intramolecular Hbond substituents is 1. The van der Waals surface area contributed by atoms with Crippen molar-refractivity contribution in [2.75, 3.05) is 5.32 Å². The summed E-state index contributed by atoms with van der Waals surface area (Å²) in [5.41, 5.74) is 2.21. The highest BCUT2D eigenvalue weighted by atomic mass is 127. The number of rotatable bonds is 3. The van der Waals surface area contributed by atoms with Gasteiger partial charge in [0.1, 0.15) is 11.3 Å². The van der Waals surface area contributed by atoms with Gasteiger partial charge in [-0.3, -0.25) is 0 Å². The molecule has 19 heavy (non-hydrogen) atoms. The standard InChI is InChI=1S/C12H10IN5O/c13-8-1-2-10(19)7(3-8)4-14-12-15-5-9-11(18-12)17-6-16-9/h1-3,5-6,19H,4H2,(H2,14,15,16,17,18). The molecule has 0 aliphatic heterocycles. The molecular formula is C12H10IN5O. The van der Waals surface area contributed by atoms with Crippen LogP contribution in [0.1, 0.15) is 5.56 Å². The van der Waals surface area contributed by atoms with Crippen molar-refractivity contribution in [3.05, 3.63) is 39.9 Å². The lowest BCUT2D eigenvalue weighted by molar-refractivity contribution is 0.469. The fraction of sp³-hybridized carbons (Fsp3) is 0.0833. The summed E-state index contributed by atoms with van der Waals surface area (Å²) in [6, 6.07) is 5.44. The first kappa shape index (κ1) is 12.2. The van der Waals surface area contributed by atoms with Gasteiger partial charge in [0.05, 0.1) is 12.5 Å². The largest absolute Gasteiger partial charge is 0.508 e. The average Bonchev–Trinajstić information content (AvgIpc) is 2.87. The number of imidazole rings is 1. The summed E-state index contributed by atoms with van der Waals surface area (Å²) in [6.45, 7) is 0.457. The van der Waals surface area contributed by atoms with Crippen LogP contribution in [0.5, 0.6) is 5.75 Å². The molecule has 0 spiro atoms. The second kappa shape index (κ2) is 5.00. The highest BCUT2D eigenvalue weighted by molar-refractivity contribution is 14.1. The molecule has 0 saturated heterocycles. The highest BCUT2D eigenvalue weighted by Crippen LogP contribution is 2.20. The lowest BCUT2D eigenvalue weighted by atomic mass is 10.2. The van der Waals surface area contributed by atoms with Gasteiger partial charge in [0, 0.05) is 15.7 Å². The van der Waals surface area contributed by atoms with E-state index in [2.05, 4.69) is 47.8 Å². The summed E-state index contributed by atoms with van der Waals surface area (Å²) in [5, 5.41) is 12.8. The van der Waals surface area contributed by atoms with E-state index >= 15 is 0 Å². The lowest BCUT2D eigenvalue weighted by Crippen LogP contribution is -2.04. The zero-order chi connectivity index (χ0) is 13.2. The van der Waals surface area contributed by atoms with Crippen LogP contribution in [0.3, 0.4) is 0 Å². The van der Waals surface area contributed by atoms with Crippen LogP contribution in [0.25, 0.3) is 11.2 Å². The van der Waals surface area contributed by atoms with Gasteiger partial charge in [-0.1, -0.05) is 0 Å². The van der Waals surface area contributed by atoms with Gasteiger partial charge in [-0.15, -0.1) is 0 Å². The van der Waals surface area contributed by atoms with E-state index in [4.69, 9.17) is 0 Å². The zero-order valence-electron chi connectivity index (χ0n) is 9.76. The molecule has 2 aromatic heterocycles. The number of nitrogens with zero attached hydrogens (tertiary/aromatic N) is 3. The van der Waals surface area contributed by atoms with Crippen LogP contribution in [-0.2, 0) is 6.54 Å². The molecule has 0 unspecified atom stereocenters. The normalized spacial score (nSPS) is 10.8. The number of aromatic amines is 1. The third-order valence-corrected chi connectivity index (χ3v) is 3.33. The lowest BCUT2D eigenvalue weighted by Gasteiger charge is -2.07. The van der Waals surface area contributed by atoms with Crippen LogP contribution in [0.4, 0.5) is 5.95 Å². The van der Waals surface area contributed by atoms with Crippen LogP contribution < -0.4 is 5.32 Å². The van der Waals surface area contributed by atoms with Crippen LogP contribution in [0.2, 0.25) is 0 Å². The van der Waals surface area contributed by atoms with E-state index < -0.39 is 0 Å². The Morgan fingerprint density at radius 2 is 2.21 bits per heavy atom. The molecular weight excluding hydrogens is 357 g/mol. The number of H-pyrrole nitrogens is 1. The van der Waals surface area contributed by atoms with Crippen molar-refractivity contribution in [3.63, 3.8) is 0 Å². The Bertz CT molecular complexity index is 727. The molecule has 6 nitrogen and oxygen atoms in total. The number of aromatic nitrogens is 4. The van der Waals surface area contributed by atoms with E-state index in [0.717, 1.165) is 14.7 Å². The van der Waals surface area contributed by atoms with Gasteiger partial charge in [0.25, 0.3) is 0 Å². The maximum Gasteiger partial charge on any atom is 0.225 e. The Hall–Kier alpha value is -1.90. The topological polar surface area (TPSA) is 86.7 Å². The van der Waals surface area contributed by atoms with Gasteiger partial charge < -0.3 is 15.4 Å². The minimum absolute atomic E-state index is 0.258. The van der Waals surface area contributed by atoms with Gasteiger partial charge in [0.15, 0.2) is 5.65 Å². The van der Waals surface area contributed by atoms with Crippen LogP contribution in [0.15, 0.2) is 30.7 Å². The summed E-state index contributed by atoms with van der Waals surface area (Å²) in [4.78, 5) is 15.4. The molecule has 3 aromatic rings. The predicted molar refractivity (Wildman–Crippen MR) is 79.8 cm³/mol. The molecule has 0 aliphatic rings. The van der Waals surface area contributed by atoms with Gasteiger partial charge in [0.2, 0.25) is 5.95 Å². The van der Waals surface area contributed by atoms with Crippen molar-refractivity contribution >= 4 is 39.7 Å². The van der Waals surface area contributed by atoms with Gasteiger partial charge >= 0.3 is 0 Å². The number of phenols is 1. The average molecular weight is 367 g/mol. The maximum absolute atomic E-state index is 9.75. The fourth-order valence-electron chi connectivity index (χ4n) is 1.69. The number of halogens is 1. The van der Waals surface area contributed by atoms with Crippen molar-refractivity contribution < 1.29 is 5.11 Å².